The molecule has 0 radical (unpaired) electrons. The lowest BCUT2D eigenvalue weighted by atomic mass is 9.96. The highest BCUT2D eigenvalue weighted by Gasteiger charge is 2.36. The number of carbonyl (C=O) groups excluding carboxylic acids is 1. The number of phenolic OH excluding ortho intramolecular Hbond substituents is 1. The number of halogens is 1. The van der Waals surface area contributed by atoms with Gasteiger partial charge in [-0.05, 0) is 35.4 Å². The van der Waals surface area contributed by atoms with Crippen molar-refractivity contribution in [1.29, 1.82) is 0 Å². The van der Waals surface area contributed by atoms with E-state index in [4.69, 9.17) is 14.2 Å². The maximum Gasteiger partial charge on any atom is 0.227 e. The molecule has 2 aromatic carbocycles. The standard InChI is InChI=1S/C21H24FNO6/c1-27-17-6-4-14(11-18(17)28-2)21-19(12-24)29-8-7-23(21)20(26)10-13-3-5-16(25)15(22)9-13/h3-6,9,11,19,21,24-25H,7-8,10,12H2,1-2H3/t19-,21-/m1/s1. The Labute approximate surface area is 168 Å². The van der Waals surface area contributed by atoms with E-state index in [1.165, 1.54) is 26.4 Å². The molecule has 1 heterocycles. The van der Waals surface area contributed by atoms with Crippen LogP contribution in [-0.2, 0) is 16.0 Å². The molecule has 0 aliphatic carbocycles. The van der Waals surface area contributed by atoms with Gasteiger partial charge < -0.3 is 29.3 Å². The minimum Gasteiger partial charge on any atom is -0.505 e. The van der Waals surface area contributed by atoms with E-state index in [1.54, 1.807) is 23.1 Å². The molecule has 1 fully saturated rings. The first-order valence-corrected chi connectivity index (χ1v) is 9.19. The number of hydrogen-bond donors (Lipinski definition) is 2. The molecular formula is C21H24FNO6. The average molecular weight is 405 g/mol. The summed E-state index contributed by atoms with van der Waals surface area (Å²) in [6, 6.07) is 8.61. The molecule has 8 heteroatoms. The molecule has 1 amide bonds. The van der Waals surface area contributed by atoms with Gasteiger partial charge in [-0.3, -0.25) is 4.79 Å². The van der Waals surface area contributed by atoms with Gasteiger partial charge in [0, 0.05) is 6.54 Å². The average Bonchev–Trinajstić information content (AvgIpc) is 2.75. The van der Waals surface area contributed by atoms with Gasteiger partial charge in [-0.1, -0.05) is 12.1 Å². The monoisotopic (exact) mass is 405 g/mol. The van der Waals surface area contributed by atoms with Crippen molar-refractivity contribution in [2.24, 2.45) is 0 Å². The zero-order valence-electron chi connectivity index (χ0n) is 16.3. The summed E-state index contributed by atoms with van der Waals surface area (Å²) < 4.78 is 29.9. The van der Waals surface area contributed by atoms with Crippen LogP contribution in [0.15, 0.2) is 36.4 Å². The Hall–Kier alpha value is -2.84. The molecule has 2 atom stereocenters. The van der Waals surface area contributed by atoms with E-state index in [-0.39, 0.29) is 25.5 Å². The zero-order valence-corrected chi connectivity index (χ0v) is 16.3. The number of methoxy groups -OCH3 is 2. The van der Waals surface area contributed by atoms with Gasteiger partial charge in [0.25, 0.3) is 0 Å². The van der Waals surface area contributed by atoms with Crippen LogP contribution in [0.1, 0.15) is 17.2 Å². The van der Waals surface area contributed by atoms with E-state index >= 15 is 0 Å². The Balaban J connectivity index is 1.90. The number of morpholine rings is 1. The Morgan fingerprint density at radius 3 is 2.62 bits per heavy atom. The summed E-state index contributed by atoms with van der Waals surface area (Å²) in [5.74, 6) is -0.430. The molecule has 0 spiro atoms. The van der Waals surface area contributed by atoms with Crippen molar-refractivity contribution in [3.05, 3.63) is 53.3 Å². The zero-order chi connectivity index (χ0) is 21.0. The topological polar surface area (TPSA) is 88.5 Å². The fraction of sp³-hybridized carbons (Fsp3) is 0.381. The molecule has 156 valence electrons. The molecule has 0 saturated carbocycles. The van der Waals surface area contributed by atoms with E-state index < -0.39 is 23.7 Å². The number of benzene rings is 2. The molecule has 0 bridgehead atoms. The highest BCUT2D eigenvalue weighted by Crippen LogP contribution is 2.36. The predicted octanol–water partition coefficient (Wildman–Crippen LogP) is 2.05. The molecule has 29 heavy (non-hydrogen) atoms. The van der Waals surface area contributed by atoms with E-state index in [1.807, 2.05) is 0 Å². The maximum absolute atomic E-state index is 13.6. The molecule has 1 aliphatic rings. The third-order valence-electron chi connectivity index (χ3n) is 4.97. The number of aliphatic hydroxyl groups excluding tert-OH is 1. The second-order valence-corrected chi connectivity index (χ2v) is 6.70. The molecule has 1 aliphatic heterocycles. The minimum absolute atomic E-state index is 0.0425. The SMILES string of the molecule is COc1ccc([C@@H]2[C@@H](CO)OCCN2C(=O)Cc2ccc(O)c(F)c2)cc1OC. The van der Waals surface area contributed by atoms with Gasteiger partial charge in [0.15, 0.2) is 23.1 Å². The third kappa shape index (κ3) is 4.44. The number of amides is 1. The lowest BCUT2D eigenvalue weighted by molar-refractivity contribution is -0.149. The normalized spacial score (nSPS) is 19.1. The summed E-state index contributed by atoms with van der Waals surface area (Å²) in [7, 11) is 3.05. The molecule has 2 aromatic rings. The predicted molar refractivity (Wildman–Crippen MR) is 103 cm³/mol. The van der Waals surface area contributed by atoms with Crippen molar-refractivity contribution in [2.45, 2.75) is 18.6 Å². The fourth-order valence-electron chi connectivity index (χ4n) is 3.53. The van der Waals surface area contributed by atoms with Crippen LogP contribution in [0.25, 0.3) is 0 Å². The van der Waals surface area contributed by atoms with Crippen LogP contribution in [0.4, 0.5) is 4.39 Å². The Morgan fingerprint density at radius 2 is 1.97 bits per heavy atom. The van der Waals surface area contributed by atoms with Crippen LogP contribution < -0.4 is 9.47 Å². The van der Waals surface area contributed by atoms with Crippen molar-refractivity contribution >= 4 is 5.91 Å². The maximum atomic E-state index is 13.6. The van der Waals surface area contributed by atoms with Crippen molar-refractivity contribution < 1.29 is 33.6 Å². The molecule has 0 unspecified atom stereocenters. The Kier molecular flexibility index (Phi) is 6.56. The lowest BCUT2D eigenvalue weighted by Crippen LogP contribution is -2.50. The van der Waals surface area contributed by atoms with E-state index in [0.29, 0.717) is 23.6 Å². The van der Waals surface area contributed by atoms with Gasteiger partial charge in [-0.15, -0.1) is 0 Å². The largest absolute Gasteiger partial charge is 0.505 e. The summed E-state index contributed by atoms with van der Waals surface area (Å²) in [5, 5.41) is 19.1. The first kappa shape index (κ1) is 20.9. The van der Waals surface area contributed by atoms with Gasteiger partial charge in [0.05, 0.1) is 39.9 Å². The van der Waals surface area contributed by atoms with Gasteiger partial charge in [0.2, 0.25) is 5.91 Å². The molecule has 7 nitrogen and oxygen atoms in total. The van der Waals surface area contributed by atoms with Gasteiger partial charge in [-0.25, -0.2) is 4.39 Å². The number of rotatable bonds is 6. The summed E-state index contributed by atoms with van der Waals surface area (Å²) >= 11 is 0. The molecule has 0 aromatic heterocycles. The van der Waals surface area contributed by atoms with E-state index in [2.05, 4.69) is 0 Å². The number of carbonyl (C=O) groups is 1. The highest BCUT2D eigenvalue weighted by molar-refractivity contribution is 5.79. The number of nitrogens with zero attached hydrogens (tertiary/aromatic N) is 1. The third-order valence-corrected chi connectivity index (χ3v) is 4.97. The first-order chi connectivity index (χ1) is 14.0. The van der Waals surface area contributed by atoms with Crippen LogP contribution in [-0.4, -0.2) is 61.1 Å². The summed E-state index contributed by atoms with van der Waals surface area (Å²) in [6.45, 7) is 0.343. The van der Waals surface area contributed by atoms with Crippen LogP contribution in [0.2, 0.25) is 0 Å². The number of ether oxygens (including phenoxy) is 3. The van der Waals surface area contributed by atoms with E-state index in [9.17, 15) is 19.4 Å². The van der Waals surface area contributed by atoms with Crippen molar-refractivity contribution in [1.82, 2.24) is 4.90 Å². The van der Waals surface area contributed by atoms with Crippen LogP contribution >= 0.6 is 0 Å². The Morgan fingerprint density at radius 1 is 1.21 bits per heavy atom. The second-order valence-electron chi connectivity index (χ2n) is 6.70. The quantitative estimate of drug-likeness (QED) is 0.765. The number of aliphatic hydroxyl groups is 1. The van der Waals surface area contributed by atoms with Gasteiger partial charge in [0.1, 0.15) is 6.10 Å². The van der Waals surface area contributed by atoms with E-state index in [0.717, 1.165) is 11.6 Å². The van der Waals surface area contributed by atoms with Crippen molar-refractivity contribution in [2.75, 3.05) is 34.0 Å². The van der Waals surface area contributed by atoms with Crippen LogP contribution in [0.5, 0.6) is 17.2 Å². The van der Waals surface area contributed by atoms with Gasteiger partial charge >= 0.3 is 0 Å². The van der Waals surface area contributed by atoms with Crippen molar-refractivity contribution in [3.63, 3.8) is 0 Å². The number of hydrogen-bond acceptors (Lipinski definition) is 6. The summed E-state index contributed by atoms with van der Waals surface area (Å²) in [5.41, 5.74) is 1.18. The lowest BCUT2D eigenvalue weighted by Gasteiger charge is -2.41. The fourth-order valence-corrected chi connectivity index (χ4v) is 3.53. The molecular weight excluding hydrogens is 381 g/mol. The molecule has 3 rings (SSSR count). The van der Waals surface area contributed by atoms with Crippen molar-refractivity contribution in [3.8, 4) is 17.2 Å². The molecule has 1 saturated heterocycles. The summed E-state index contributed by atoms with van der Waals surface area (Å²) in [6.07, 6.45) is -0.651. The van der Waals surface area contributed by atoms with Gasteiger partial charge in [-0.2, -0.15) is 0 Å². The highest BCUT2D eigenvalue weighted by atomic mass is 19.1. The minimum atomic E-state index is -0.776. The van der Waals surface area contributed by atoms with Crippen LogP contribution in [0.3, 0.4) is 0 Å². The first-order valence-electron chi connectivity index (χ1n) is 9.19. The second kappa shape index (κ2) is 9.11. The number of aromatic hydroxyl groups is 1. The number of phenols is 1. The summed E-state index contributed by atoms with van der Waals surface area (Å²) in [4.78, 5) is 14.7. The van der Waals surface area contributed by atoms with Crippen LogP contribution in [0, 0.1) is 5.82 Å². The molecule has 2 N–H and O–H groups in total. The Bertz CT molecular complexity index is 874. The smallest absolute Gasteiger partial charge is 0.227 e.